The van der Waals surface area contributed by atoms with Gasteiger partial charge >= 0.3 is 0 Å². The van der Waals surface area contributed by atoms with E-state index in [0.29, 0.717) is 23.8 Å². The lowest BCUT2D eigenvalue weighted by Gasteiger charge is -2.22. The number of methoxy groups -OCH3 is 2. The third kappa shape index (κ3) is 4.10. The van der Waals surface area contributed by atoms with Crippen LogP contribution in [0.4, 0.5) is 0 Å². The number of hydrogen-bond acceptors (Lipinski definition) is 5. The van der Waals surface area contributed by atoms with Gasteiger partial charge in [0.1, 0.15) is 0 Å². The van der Waals surface area contributed by atoms with Gasteiger partial charge in [-0.2, -0.15) is 0 Å². The molecule has 6 heteroatoms. The van der Waals surface area contributed by atoms with Crippen molar-refractivity contribution in [1.29, 1.82) is 0 Å². The van der Waals surface area contributed by atoms with E-state index in [2.05, 4.69) is 5.32 Å². The predicted molar refractivity (Wildman–Crippen MR) is 102 cm³/mol. The molecule has 0 aromatic heterocycles. The minimum Gasteiger partial charge on any atom is -0.493 e. The minimum absolute atomic E-state index is 0.0325. The second-order valence-electron chi connectivity index (χ2n) is 6.74. The zero-order valence-electron chi connectivity index (χ0n) is 16.1. The van der Waals surface area contributed by atoms with Gasteiger partial charge < -0.3 is 24.3 Å². The number of nitrogens with one attached hydrogen (secondary N) is 1. The fraction of sp³-hybridized carbons (Fsp3) is 0.381. The van der Waals surface area contributed by atoms with Crippen molar-refractivity contribution >= 4 is 5.91 Å². The SMILES string of the molecule is COc1ccc(C(C(=O)NCc2ccc3c(c2)OCO3)C(C)C)cc1OC. The fourth-order valence-corrected chi connectivity index (χ4v) is 3.24. The Labute approximate surface area is 159 Å². The highest BCUT2D eigenvalue weighted by Crippen LogP contribution is 2.34. The summed E-state index contributed by atoms with van der Waals surface area (Å²) < 4.78 is 21.4. The molecule has 2 aromatic carbocycles. The number of ether oxygens (including phenoxy) is 4. The number of carbonyl (C=O) groups is 1. The Kier molecular flexibility index (Phi) is 5.74. The minimum atomic E-state index is -0.293. The van der Waals surface area contributed by atoms with Crippen LogP contribution < -0.4 is 24.3 Å². The first-order valence-corrected chi connectivity index (χ1v) is 8.91. The van der Waals surface area contributed by atoms with E-state index >= 15 is 0 Å². The van der Waals surface area contributed by atoms with Crippen molar-refractivity contribution in [2.75, 3.05) is 21.0 Å². The van der Waals surface area contributed by atoms with E-state index in [1.54, 1.807) is 14.2 Å². The summed E-state index contributed by atoms with van der Waals surface area (Å²) in [6, 6.07) is 11.3. The number of benzene rings is 2. The molecule has 3 rings (SSSR count). The van der Waals surface area contributed by atoms with Gasteiger partial charge in [0.05, 0.1) is 20.1 Å². The summed E-state index contributed by atoms with van der Waals surface area (Å²) >= 11 is 0. The molecule has 0 aliphatic carbocycles. The number of amides is 1. The molecule has 1 unspecified atom stereocenters. The maximum absolute atomic E-state index is 12.9. The van der Waals surface area contributed by atoms with Gasteiger partial charge in [-0.1, -0.05) is 26.0 Å². The maximum Gasteiger partial charge on any atom is 0.231 e. The first kappa shape index (κ1) is 18.9. The number of fused-ring (bicyclic) bond motifs is 1. The van der Waals surface area contributed by atoms with Crippen molar-refractivity contribution in [3.63, 3.8) is 0 Å². The molecule has 1 amide bonds. The lowest BCUT2D eigenvalue weighted by molar-refractivity contribution is -0.123. The molecule has 27 heavy (non-hydrogen) atoms. The van der Waals surface area contributed by atoms with Crippen LogP contribution in [0, 0.1) is 5.92 Å². The van der Waals surface area contributed by atoms with Gasteiger partial charge in [0.15, 0.2) is 23.0 Å². The summed E-state index contributed by atoms with van der Waals surface area (Å²) in [7, 11) is 3.18. The monoisotopic (exact) mass is 371 g/mol. The second-order valence-corrected chi connectivity index (χ2v) is 6.74. The van der Waals surface area contributed by atoms with Gasteiger partial charge in [-0.3, -0.25) is 4.79 Å². The van der Waals surface area contributed by atoms with Crippen LogP contribution in [-0.2, 0) is 11.3 Å². The van der Waals surface area contributed by atoms with E-state index in [1.807, 2.05) is 50.2 Å². The van der Waals surface area contributed by atoms with Crippen molar-refractivity contribution in [1.82, 2.24) is 5.32 Å². The zero-order valence-corrected chi connectivity index (χ0v) is 16.1. The Bertz CT molecular complexity index is 818. The summed E-state index contributed by atoms with van der Waals surface area (Å²) in [6.07, 6.45) is 0. The molecule has 1 aliphatic heterocycles. The molecule has 0 radical (unpaired) electrons. The molecule has 1 N–H and O–H groups in total. The first-order chi connectivity index (χ1) is 13.0. The molecule has 2 aromatic rings. The Morgan fingerprint density at radius 1 is 1.04 bits per heavy atom. The quantitative estimate of drug-likeness (QED) is 0.807. The number of carbonyl (C=O) groups excluding carboxylic acids is 1. The predicted octanol–water partition coefficient (Wildman–Crippen LogP) is 3.49. The van der Waals surface area contributed by atoms with Crippen molar-refractivity contribution in [2.24, 2.45) is 5.92 Å². The highest BCUT2D eigenvalue weighted by molar-refractivity contribution is 5.84. The summed E-state index contributed by atoms with van der Waals surface area (Å²) in [5.74, 6) is 2.50. The maximum atomic E-state index is 12.9. The van der Waals surface area contributed by atoms with Crippen LogP contribution in [0.25, 0.3) is 0 Å². The van der Waals surface area contributed by atoms with E-state index in [1.165, 1.54) is 0 Å². The van der Waals surface area contributed by atoms with Crippen molar-refractivity contribution < 1.29 is 23.7 Å². The van der Waals surface area contributed by atoms with E-state index in [-0.39, 0.29) is 24.5 Å². The smallest absolute Gasteiger partial charge is 0.231 e. The van der Waals surface area contributed by atoms with Gasteiger partial charge in [0.25, 0.3) is 0 Å². The van der Waals surface area contributed by atoms with Crippen molar-refractivity contribution in [3.8, 4) is 23.0 Å². The van der Waals surface area contributed by atoms with Crippen LogP contribution in [0.15, 0.2) is 36.4 Å². The average Bonchev–Trinajstić information content (AvgIpc) is 3.13. The molecule has 1 aliphatic rings. The van der Waals surface area contributed by atoms with Crippen LogP contribution in [0.3, 0.4) is 0 Å². The molecule has 6 nitrogen and oxygen atoms in total. The lowest BCUT2D eigenvalue weighted by atomic mass is 9.87. The van der Waals surface area contributed by atoms with E-state index in [9.17, 15) is 4.79 Å². The molecule has 1 heterocycles. The standard InChI is InChI=1S/C21H25NO5/c1-13(2)20(15-6-8-16(24-3)18(10-15)25-4)21(23)22-11-14-5-7-17-19(9-14)27-12-26-17/h5-10,13,20H,11-12H2,1-4H3,(H,22,23). The number of hydrogen-bond donors (Lipinski definition) is 1. The third-order valence-corrected chi connectivity index (χ3v) is 4.62. The first-order valence-electron chi connectivity index (χ1n) is 8.91. The molecule has 0 saturated carbocycles. The topological polar surface area (TPSA) is 66.0 Å². The van der Waals surface area contributed by atoms with Crippen LogP contribution in [0.1, 0.15) is 30.9 Å². The molecule has 1 atom stereocenters. The van der Waals surface area contributed by atoms with Crippen LogP contribution >= 0.6 is 0 Å². The molecule has 0 saturated heterocycles. The van der Waals surface area contributed by atoms with E-state index in [4.69, 9.17) is 18.9 Å². The van der Waals surface area contributed by atoms with Crippen LogP contribution in [0.2, 0.25) is 0 Å². The summed E-state index contributed by atoms with van der Waals surface area (Å²) in [4.78, 5) is 12.9. The Balaban J connectivity index is 1.74. The second kappa shape index (κ2) is 8.20. The van der Waals surface area contributed by atoms with E-state index < -0.39 is 0 Å². The molecular weight excluding hydrogens is 346 g/mol. The molecular formula is C21H25NO5. The van der Waals surface area contributed by atoms with Crippen molar-refractivity contribution in [2.45, 2.75) is 26.3 Å². The molecule has 144 valence electrons. The third-order valence-electron chi connectivity index (χ3n) is 4.62. The fourth-order valence-electron chi connectivity index (χ4n) is 3.24. The van der Waals surface area contributed by atoms with Gasteiger partial charge in [0.2, 0.25) is 12.7 Å². The van der Waals surface area contributed by atoms with Crippen molar-refractivity contribution in [3.05, 3.63) is 47.5 Å². The van der Waals surface area contributed by atoms with Gasteiger partial charge in [-0.05, 0) is 41.3 Å². The summed E-state index contributed by atoms with van der Waals surface area (Å²) in [5.41, 5.74) is 1.85. The lowest BCUT2D eigenvalue weighted by Crippen LogP contribution is -2.31. The highest BCUT2D eigenvalue weighted by atomic mass is 16.7. The normalized spacial score (nSPS) is 13.4. The summed E-state index contributed by atoms with van der Waals surface area (Å²) in [6.45, 7) is 4.72. The van der Waals surface area contributed by atoms with Crippen LogP contribution in [0.5, 0.6) is 23.0 Å². The van der Waals surface area contributed by atoms with Gasteiger partial charge in [0, 0.05) is 6.54 Å². The van der Waals surface area contributed by atoms with Gasteiger partial charge in [-0.15, -0.1) is 0 Å². The van der Waals surface area contributed by atoms with Gasteiger partial charge in [-0.25, -0.2) is 0 Å². The van der Waals surface area contributed by atoms with E-state index in [0.717, 1.165) is 16.9 Å². The van der Waals surface area contributed by atoms with Crippen LogP contribution in [-0.4, -0.2) is 26.9 Å². The molecule has 0 fully saturated rings. The molecule has 0 bridgehead atoms. The number of rotatable bonds is 7. The molecule has 0 spiro atoms. The highest BCUT2D eigenvalue weighted by Gasteiger charge is 2.25. The average molecular weight is 371 g/mol. The Morgan fingerprint density at radius 2 is 1.78 bits per heavy atom. The zero-order chi connectivity index (χ0) is 19.4. The Morgan fingerprint density at radius 3 is 2.48 bits per heavy atom. The summed E-state index contributed by atoms with van der Waals surface area (Å²) in [5, 5.41) is 3.03. The largest absolute Gasteiger partial charge is 0.493 e. The Hall–Kier alpha value is -2.89.